The number of nitrogens with zero attached hydrogens (tertiary/aromatic N) is 2. The van der Waals surface area contributed by atoms with E-state index in [1.54, 1.807) is 40.3 Å². The van der Waals surface area contributed by atoms with Crippen molar-refractivity contribution in [3.63, 3.8) is 0 Å². The molecular weight excluding hydrogens is 396 g/mol. The fourth-order valence-electron chi connectivity index (χ4n) is 3.69. The lowest BCUT2D eigenvalue weighted by Crippen LogP contribution is -2.53. The number of thiophene rings is 1. The summed E-state index contributed by atoms with van der Waals surface area (Å²) in [5, 5.41) is 2.01. The minimum absolute atomic E-state index is 0.0339. The van der Waals surface area contributed by atoms with Gasteiger partial charge in [0.05, 0.1) is 0 Å². The summed E-state index contributed by atoms with van der Waals surface area (Å²) in [5.74, 6) is 0.432. The topological polar surface area (TPSA) is 49.9 Å². The lowest BCUT2D eigenvalue weighted by Gasteiger charge is -2.36. The highest BCUT2D eigenvalue weighted by molar-refractivity contribution is 7.09. The highest BCUT2D eigenvalue weighted by Gasteiger charge is 2.34. The molecule has 4 rings (SSSR count). The van der Waals surface area contributed by atoms with Gasteiger partial charge >= 0.3 is 0 Å². The molecule has 2 amide bonds. The van der Waals surface area contributed by atoms with Crippen LogP contribution in [0.3, 0.4) is 0 Å². The molecule has 0 spiro atoms. The molecule has 1 unspecified atom stereocenters. The lowest BCUT2D eigenvalue weighted by atomic mass is 10.0. The summed E-state index contributed by atoms with van der Waals surface area (Å²) in [6.45, 7) is 1.14. The Morgan fingerprint density at radius 1 is 1.13 bits per heavy atom. The van der Waals surface area contributed by atoms with Crippen LogP contribution in [0, 0.1) is 0 Å². The highest BCUT2D eigenvalue weighted by atomic mass is 32.1. The van der Waals surface area contributed by atoms with Crippen LogP contribution in [-0.4, -0.2) is 36.3 Å². The van der Waals surface area contributed by atoms with Crippen LogP contribution in [0.2, 0.25) is 0 Å². The quantitative estimate of drug-likeness (QED) is 0.586. The fourth-order valence-corrected chi connectivity index (χ4v) is 4.31. The van der Waals surface area contributed by atoms with Crippen molar-refractivity contribution in [2.75, 3.05) is 18.5 Å². The molecule has 0 saturated carbocycles. The van der Waals surface area contributed by atoms with Gasteiger partial charge in [-0.2, -0.15) is 0 Å². The highest BCUT2D eigenvalue weighted by Crippen LogP contribution is 2.25. The standard InChI is InChI=1S/C24H24N2O3S/c1-25(22-13-6-14-26(24(22)28)19-9-3-2-4-10-19)23(27)18-8-5-11-20(16-18)29-17-21-12-7-15-30-21/h2-5,7-12,15-16,22H,6,13-14,17H2,1H3. The number of carbonyl (C=O) groups excluding carboxylic acids is 2. The Hall–Kier alpha value is -3.12. The first-order chi connectivity index (χ1) is 14.6. The fraction of sp³-hybridized carbons (Fsp3) is 0.250. The van der Waals surface area contributed by atoms with Crippen molar-refractivity contribution >= 4 is 28.8 Å². The van der Waals surface area contributed by atoms with Crippen molar-refractivity contribution < 1.29 is 14.3 Å². The van der Waals surface area contributed by atoms with Crippen LogP contribution in [0.15, 0.2) is 72.1 Å². The van der Waals surface area contributed by atoms with Gasteiger partial charge in [-0.3, -0.25) is 9.59 Å². The molecule has 5 nitrogen and oxygen atoms in total. The van der Waals surface area contributed by atoms with Crippen molar-refractivity contribution in [3.8, 4) is 5.75 Å². The lowest BCUT2D eigenvalue weighted by molar-refractivity contribution is -0.124. The molecule has 154 valence electrons. The summed E-state index contributed by atoms with van der Waals surface area (Å²) in [5.41, 5.74) is 1.39. The third-order valence-electron chi connectivity index (χ3n) is 5.31. The molecular formula is C24H24N2O3S. The van der Waals surface area contributed by atoms with E-state index in [4.69, 9.17) is 4.74 Å². The molecule has 0 N–H and O–H groups in total. The summed E-state index contributed by atoms with van der Waals surface area (Å²) in [4.78, 5) is 30.7. The van der Waals surface area contributed by atoms with Crippen LogP contribution in [0.4, 0.5) is 5.69 Å². The first-order valence-corrected chi connectivity index (χ1v) is 10.9. The Morgan fingerprint density at radius 3 is 2.73 bits per heavy atom. The second-order valence-corrected chi connectivity index (χ2v) is 8.33. The molecule has 2 heterocycles. The molecule has 0 bridgehead atoms. The Labute approximate surface area is 180 Å². The Morgan fingerprint density at radius 2 is 1.97 bits per heavy atom. The molecule has 1 aliphatic rings. The smallest absolute Gasteiger partial charge is 0.254 e. The van der Waals surface area contributed by atoms with Gasteiger partial charge < -0.3 is 14.5 Å². The molecule has 1 atom stereocenters. The van der Waals surface area contributed by atoms with Gasteiger partial charge in [0, 0.05) is 29.7 Å². The Balaban J connectivity index is 1.46. The van der Waals surface area contributed by atoms with E-state index in [9.17, 15) is 9.59 Å². The van der Waals surface area contributed by atoms with Gasteiger partial charge in [-0.25, -0.2) is 0 Å². The zero-order valence-corrected chi connectivity index (χ0v) is 17.7. The third-order valence-corrected chi connectivity index (χ3v) is 6.16. The largest absolute Gasteiger partial charge is 0.488 e. The molecule has 1 fully saturated rings. The maximum atomic E-state index is 13.1. The normalized spacial score (nSPS) is 16.4. The van der Waals surface area contributed by atoms with E-state index in [-0.39, 0.29) is 11.8 Å². The summed E-state index contributed by atoms with van der Waals surface area (Å²) in [7, 11) is 1.71. The number of ether oxygens (including phenoxy) is 1. The van der Waals surface area contributed by atoms with Gasteiger partial charge in [-0.05, 0) is 54.6 Å². The zero-order chi connectivity index (χ0) is 20.9. The van der Waals surface area contributed by atoms with E-state index < -0.39 is 6.04 Å². The molecule has 30 heavy (non-hydrogen) atoms. The number of likely N-dealkylation sites (N-methyl/N-ethyl adjacent to an activating group) is 1. The van der Waals surface area contributed by atoms with E-state index in [0.717, 1.165) is 17.0 Å². The first kappa shape index (κ1) is 20.2. The second kappa shape index (κ2) is 9.13. The van der Waals surface area contributed by atoms with Gasteiger partial charge in [-0.1, -0.05) is 30.3 Å². The van der Waals surface area contributed by atoms with Crippen LogP contribution >= 0.6 is 11.3 Å². The van der Waals surface area contributed by atoms with E-state index in [2.05, 4.69) is 0 Å². The summed E-state index contributed by atoms with van der Waals surface area (Å²) in [6.07, 6.45) is 1.52. The molecule has 6 heteroatoms. The van der Waals surface area contributed by atoms with Crippen LogP contribution < -0.4 is 9.64 Å². The molecule has 2 aromatic carbocycles. The average molecular weight is 421 g/mol. The maximum absolute atomic E-state index is 13.1. The predicted molar refractivity (Wildman–Crippen MR) is 119 cm³/mol. The number of hydrogen-bond acceptors (Lipinski definition) is 4. The molecule has 0 radical (unpaired) electrons. The van der Waals surface area contributed by atoms with Gasteiger partial charge in [0.2, 0.25) is 5.91 Å². The number of para-hydroxylation sites is 1. The van der Waals surface area contributed by atoms with E-state index in [1.165, 1.54) is 0 Å². The second-order valence-electron chi connectivity index (χ2n) is 7.30. The third kappa shape index (κ3) is 4.39. The van der Waals surface area contributed by atoms with Crippen molar-refractivity contribution in [2.45, 2.75) is 25.5 Å². The SMILES string of the molecule is CN(C(=O)c1cccc(OCc2cccs2)c1)C1CCCN(c2ccccc2)C1=O. The van der Waals surface area contributed by atoms with Crippen molar-refractivity contribution in [3.05, 3.63) is 82.6 Å². The maximum Gasteiger partial charge on any atom is 0.254 e. The number of amides is 2. The van der Waals surface area contributed by atoms with E-state index in [0.29, 0.717) is 30.9 Å². The summed E-state index contributed by atoms with van der Waals surface area (Å²) < 4.78 is 5.83. The molecule has 1 aliphatic heterocycles. The van der Waals surface area contributed by atoms with E-state index in [1.807, 2.05) is 60.0 Å². The average Bonchev–Trinajstić information content (AvgIpc) is 3.31. The number of piperidine rings is 1. The van der Waals surface area contributed by atoms with E-state index >= 15 is 0 Å². The van der Waals surface area contributed by atoms with Crippen molar-refractivity contribution in [1.29, 1.82) is 0 Å². The van der Waals surface area contributed by atoms with Gasteiger partial charge in [-0.15, -0.1) is 11.3 Å². The van der Waals surface area contributed by atoms with Crippen LogP contribution in [0.25, 0.3) is 0 Å². The predicted octanol–water partition coefficient (Wildman–Crippen LogP) is 4.59. The summed E-state index contributed by atoms with van der Waals surface area (Å²) >= 11 is 1.63. The Kier molecular flexibility index (Phi) is 6.14. The van der Waals surface area contributed by atoms with Crippen LogP contribution in [0.5, 0.6) is 5.75 Å². The molecule has 1 aromatic heterocycles. The van der Waals surface area contributed by atoms with Gasteiger partial charge in [0.1, 0.15) is 18.4 Å². The minimum Gasteiger partial charge on any atom is -0.488 e. The van der Waals surface area contributed by atoms with Gasteiger partial charge in [0.15, 0.2) is 0 Å². The number of hydrogen-bond donors (Lipinski definition) is 0. The number of anilines is 1. The van der Waals surface area contributed by atoms with Crippen LogP contribution in [0.1, 0.15) is 28.1 Å². The van der Waals surface area contributed by atoms with Gasteiger partial charge in [0.25, 0.3) is 5.91 Å². The monoisotopic (exact) mass is 420 g/mol. The van der Waals surface area contributed by atoms with Crippen LogP contribution in [-0.2, 0) is 11.4 Å². The van der Waals surface area contributed by atoms with Crippen molar-refractivity contribution in [2.24, 2.45) is 0 Å². The number of benzene rings is 2. The molecule has 1 saturated heterocycles. The summed E-state index contributed by atoms with van der Waals surface area (Å²) in [6, 6.07) is 20.3. The Bertz CT molecular complexity index is 1000. The molecule has 0 aliphatic carbocycles. The molecule has 3 aromatic rings. The number of carbonyl (C=O) groups is 2. The first-order valence-electron chi connectivity index (χ1n) is 10.0. The van der Waals surface area contributed by atoms with Crippen molar-refractivity contribution in [1.82, 2.24) is 4.90 Å². The number of rotatable bonds is 6. The zero-order valence-electron chi connectivity index (χ0n) is 16.9. The minimum atomic E-state index is -0.470.